The lowest BCUT2D eigenvalue weighted by Crippen LogP contribution is -2.29. The lowest BCUT2D eigenvalue weighted by Gasteiger charge is -2.19. The van der Waals surface area contributed by atoms with Gasteiger partial charge in [0, 0.05) is 12.1 Å². The number of amides is 1. The summed E-state index contributed by atoms with van der Waals surface area (Å²) in [7, 11) is -3.61. The predicted molar refractivity (Wildman–Crippen MR) is 80.4 cm³/mol. The van der Waals surface area contributed by atoms with Crippen LogP contribution >= 0.6 is 0 Å². The highest BCUT2D eigenvalue weighted by molar-refractivity contribution is 7.92. The second kappa shape index (κ2) is 5.43. The average molecular weight is 318 g/mol. The van der Waals surface area contributed by atoms with Gasteiger partial charge in [-0.1, -0.05) is 18.2 Å². The summed E-state index contributed by atoms with van der Waals surface area (Å²) < 4.78 is 26.7. The normalized spacial score (nSPS) is 13.8. The molecule has 7 heteroatoms. The maximum atomic E-state index is 12.7. The predicted octanol–water partition coefficient (Wildman–Crippen LogP) is 1.56. The van der Waals surface area contributed by atoms with Crippen molar-refractivity contribution in [3.63, 3.8) is 0 Å². The first kappa shape index (κ1) is 14.6. The molecule has 0 spiro atoms. The molecular weight excluding hydrogens is 304 g/mol. The number of nitrogens with zero attached hydrogens (tertiary/aromatic N) is 1. The number of carbonyl (C=O) groups excluding carboxylic acids is 1. The maximum absolute atomic E-state index is 12.7. The monoisotopic (exact) mass is 318 g/mol. The Morgan fingerprint density at radius 1 is 1.14 bits per heavy atom. The molecular formula is C15H14N2O4S. The van der Waals surface area contributed by atoms with Crippen molar-refractivity contribution in [2.45, 2.75) is 11.3 Å². The van der Waals surface area contributed by atoms with Gasteiger partial charge in [-0.2, -0.15) is 0 Å². The zero-order valence-electron chi connectivity index (χ0n) is 11.6. The van der Waals surface area contributed by atoms with E-state index in [9.17, 15) is 13.2 Å². The molecule has 6 nitrogen and oxygen atoms in total. The van der Waals surface area contributed by atoms with Crippen LogP contribution in [0.15, 0.2) is 53.4 Å². The van der Waals surface area contributed by atoms with Crippen LogP contribution in [0.3, 0.4) is 0 Å². The van der Waals surface area contributed by atoms with Crippen molar-refractivity contribution < 1.29 is 18.4 Å². The number of carbonyl (C=O) groups is 1. The number of hydrogen-bond acceptors (Lipinski definition) is 4. The third-order valence-corrected chi connectivity index (χ3v) is 5.45. The summed E-state index contributed by atoms with van der Waals surface area (Å²) in [6, 6.07) is 12.9. The smallest absolute Gasteiger partial charge is 0.274 e. The van der Waals surface area contributed by atoms with E-state index in [1.807, 2.05) is 0 Å². The van der Waals surface area contributed by atoms with Gasteiger partial charge in [0.05, 0.1) is 10.6 Å². The minimum atomic E-state index is -3.61. The summed E-state index contributed by atoms with van der Waals surface area (Å²) >= 11 is 0. The number of fused-ring (bicyclic) bond motifs is 1. The average Bonchev–Trinajstić information content (AvgIpc) is 2.98. The van der Waals surface area contributed by atoms with E-state index in [1.54, 1.807) is 47.9 Å². The van der Waals surface area contributed by atoms with Crippen LogP contribution in [0.2, 0.25) is 0 Å². The van der Waals surface area contributed by atoms with Crippen molar-refractivity contribution >= 4 is 21.6 Å². The molecule has 1 amide bonds. The highest BCUT2D eigenvalue weighted by Gasteiger charge is 2.31. The van der Waals surface area contributed by atoms with E-state index in [4.69, 9.17) is 5.21 Å². The van der Waals surface area contributed by atoms with Gasteiger partial charge in [-0.3, -0.25) is 14.3 Å². The van der Waals surface area contributed by atoms with Crippen LogP contribution in [0, 0.1) is 0 Å². The first-order valence-electron chi connectivity index (χ1n) is 6.69. The van der Waals surface area contributed by atoms with Crippen LogP contribution in [0.1, 0.15) is 15.9 Å². The Morgan fingerprint density at radius 3 is 2.55 bits per heavy atom. The lowest BCUT2D eigenvalue weighted by molar-refractivity contribution is 0.0706. The van der Waals surface area contributed by atoms with Crippen molar-refractivity contribution in [1.82, 2.24) is 5.48 Å². The number of hydroxylamine groups is 1. The number of benzene rings is 2. The number of sulfonamides is 1. The Bertz CT molecular complexity index is 819. The Morgan fingerprint density at radius 2 is 1.86 bits per heavy atom. The molecule has 0 saturated carbocycles. The van der Waals surface area contributed by atoms with Gasteiger partial charge in [0.1, 0.15) is 0 Å². The van der Waals surface area contributed by atoms with Crippen molar-refractivity contribution in [2.75, 3.05) is 10.8 Å². The summed E-state index contributed by atoms with van der Waals surface area (Å²) in [6.07, 6.45) is 0.522. The second-order valence-electron chi connectivity index (χ2n) is 4.92. The van der Waals surface area contributed by atoms with E-state index in [-0.39, 0.29) is 4.90 Å². The van der Waals surface area contributed by atoms with Crippen molar-refractivity contribution in [2.24, 2.45) is 0 Å². The Labute approximate surface area is 128 Å². The van der Waals surface area contributed by atoms with Crippen LogP contribution in [-0.2, 0) is 16.4 Å². The molecule has 1 aliphatic rings. The fraction of sp³-hybridized carbons (Fsp3) is 0.133. The number of nitrogens with one attached hydrogen (secondary N) is 1. The van der Waals surface area contributed by atoms with Gasteiger partial charge in [0.2, 0.25) is 0 Å². The highest BCUT2D eigenvalue weighted by atomic mass is 32.2. The molecule has 0 atom stereocenters. The Hall–Kier alpha value is -2.38. The molecule has 0 bridgehead atoms. The first-order chi connectivity index (χ1) is 10.5. The van der Waals surface area contributed by atoms with Crippen LogP contribution in [0.5, 0.6) is 0 Å². The maximum Gasteiger partial charge on any atom is 0.274 e. The van der Waals surface area contributed by atoms with Crippen LogP contribution < -0.4 is 9.79 Å². The van der Waals surface area contributed by atoms with E-state index >= 15 is 0 Å². The fourth-order valence-corrected chi connectivity index (χ4v) is 4.07. The minimum absolute atomic E-state index is 0.236. The molecule has 0 aliphatic carbocycles. The van der Waals surface area contributed by atoms with E-state index in [1.165, 1.54) is 10.4 Å². The summed E-state index contributed by atoms with van der Waals surface area (Å²) in [6.45, 7) is 0.330. The van der Waals surface area contributed by atoms with E-state index < -0.39 is 15.9 Å². The molecule has 0 radical (unpaired) electrons. The third kappa shape index (κ3) is 2.34. The van der Waals surface area contributed by atoms with Gasteiger partial charge in [-0.25, -0.2) is 13.9 Å². The minimum Gasteiger partial charge on any atom is -0.288 e. The quantitative estimate of drug-likeness (QED) is 0.664. The molecule has 22 heavy (non-hydrogen) atoms. The molecule has 0 aromatic heterocycles. The summed E-state index contributed by atoms with van der Waals surface area (Å²) in [5, 5.41) is 8.66. The lowest BCUT2D eigenvalue weighted by atomic mass is 10.1. The molecule has 2 aromatic carbocycles. The summed E-state index contributed by atoms with van der Waals surface area (Å²) in [5.74, 6) is -0.618. The van der Waals surface area contributed by atoms with Gasteiger partial charge in [-0.05, 0) is 42.3 Å². The molecule has 0 saturated heterocycles. The van der Waals surface area contributed by atoms with Crippen LogP contribution in [-0.4, -0.2) is 26.1 Å². The standard InChI is InChI=1S/C15H14N2O4S/c18-15(16-19)12-6-7-14-11(10-12)8-9-17(14)22(20,21)13-4-2-1-3-5-13/h1-7,10,19H,8-9H2,(H,16,18). The van der Waals surface area contributed by atoms with Crippen LogP contribution in [0.25, 0.3) is 0 Å². The number of hydrogen-bond donors (Lipinski definition) is 2. The largest absolute Gasteiger partial charge is 0.288 e. The zero-order chi connectivity index (χ0) is 15.7. The molecule has 2 N–H and O–H groups in total. The highest BCUT2D eigenvalue weighted by Crippen LogP contribution is 2.33. The van der Waals surface area contributed by atoms with Crippen molar-refractivity contribution in [1.29, 1.82) is 0 Å². The summed E-state index contributed by atoms with van der Waals surface area (Å²) in [4.78, 5) is 11.7. The molecule has 114 valence electrons. The molecule has 2 aromatic rings. The van der Waals surface area contributed by atoms with E-state index in [0.717, 1.165) is 5.56 Å². The van der Waals surface area contributed by atoms with Gasteiger partial charge < -0.3 is 0 Å². The SMILES string of the molecule is O=C(NO)c1ccc2c(c1)CCN2S(=O)(=O)c1ccccc1. The Kier molecular flexibility index (Phi) is 3.59. The number of rotatable bonds is 3. The van der Waals surface area contributed by atoms with Gasteiger partial charge in [-0.15, -0.1) is 0 Å². The second-order valence-corrected chi connectivity index (χ2v) is 6.79. The number of anilines is 1. The van der Waals surface area contributed by atoms with Gasteiger partial charge in [0.15, 0.2) is 0 Å². The van der Waals surface area contributed by atoms with Gasteiger partial charge >= 0.3 is 0 Å². The van der Waals surface area contributed by atoms with E-state index in [0.29, 0.717) is 24.2 Å². The molecule has 1 heterocycles. The topological polar surface area (TPSA) is 86.7 Å². The molecule has 0 unspecified atom stereocenters. The fourth-order valence-electron chi connectivity index (χ4n) is 2.55. The summed E-state index contributed by atoms with van der Waals surface area (Å²) in [5.41, 5.74) is 3.19. The Balaban J connectivity index is 2.00. The molecule has 3 rings (SSSR count). The van der Waals surface area contributed by atoms with Crippen molar-refractivity contribution in [3.8, 4) is 0 Å². The van der Waals surface area contributed by atoms with E-state index in [2.05, 4.69) is 0 Å². The molecule has 0 fully saturated rings. The molecule has 1 aliphatic heterocycles. The first-order valence-corrected chi connectivity index (χ1v) is 8.13. The van der Waals surface area contributed by atoms with Gasteiger partial charge in [0.25, 0.3) is 15.9 Å². The van der Waals surface area contributed by atoms with Crippen LogP contribution in [0.4, 0.5) is 5.69 Å². The third-order valence-electron chi connectivity index (χ3n) is 3.63. The van der Waals surface area contributed by atoms with Crippen molar-refractivity contribution in [3.05, 3.63) is 59.7 Å². The zero-order valence-corrected chi connectivity index (χ0v) is 12.4.